The van der Waals surface area contributed by atoms with E-state index in [2.05, 4.69) is 24.2 Å². The highest BCUT2D eigenvalue weighted by molar-refractivity contribution is 5.82. The molecule has 2 unspecified atom stereocenters. The molecule has 1 fully saturated rings. The van der Waals surface area contributed by atoms with E-state index < -0.39 is 0 Å². The van der Waals surface area contributed by atoms with E-state index in [1.807, 2.05) is 7.11 Å². The molecule has 1 N–H and O–H groups in total. The van der Waals surface area contributed by atoms with E-state index in [-0.39, 0.29) is 5.41 Å². The lowest BCUT2D eigenvalue weighted by molar-refractivity contribution is -0.0921. The highest BCUT2D eigenvalue weighted by Gasteiger charge is 2.48. The summed E-state index contributed by atoms with van der Waals surface area (Å²) in [6.07, 6.45) is 6.50. The highest BCUT2D eigenvalue weighted by atomic mass is 16.5. The first-order valence-corrected chi connectivity index (χ1v) is 6.47. The molecule has 16 heavy (non-hydrogen) atoms. The quantitative estimate of drug-likeness (QED) is 0.781. The Hall–Kier alpha value is -0.570. The van der Waals surface area contributed by atoms with Gasteiger partial charge in [-0.3, -0.25) is 4.99 Å². The Morgan fingerprint density at radius 1 is 1.31 bits per heavy atom. The number of aliphatic imine (C=N–C) groups is 1. The molecule has 92 valence electrons. The molecule has 0 aromatic heterocycles. The van der Waals surface area contributed by atoms with Crippen LogP contribution in [0.3, 0.4) is 0 Å². The summed E-state index contributed by atoms with van der Waals surface area (Å²) >= 11 is 0. The van der Waals surface area contributed by atoms with Gasteiger partial charge in [-0.1, -0.05) is 20.3 Å². The number of hydrogen-bond donors (Lipinski definition) is 1. The highest BCUT2D eigenvalue weighted by Crippen LogP contribution is 2.42. The van der Waals surface area contributed by atoms with E-state index in [4.69, 9.17) is 4.74 Å². The third kappa shape index (κ3) is 2.24. The predicted molar refractivity (Wildman–Crippen MR) is 66.9 cm³/mol. The standard InChI is InChI=1S/C13H24N2O/c1-13(2)10(9-11(13)16-3)15-12-7-5-4-6-8-14-12/h10-11H,4-9H2,1-3H3,(H,14,15). The van der Waals surface area contributed by atoms with Crippen molar-refractivity contribution < 1.29 is 4.74 Å². The van der Waals surface area contributed by atoms with Crippen LogP contribution < -0.4 is 5.32 Å². The van der Waals surface area contributed by atoms with Crippen LogP contribution in [-0.2, 0) is 4.74 Å². The fourth-order valence-electron chi connectivity index (χ4n) is 2.72. The smallest absolute Gasteiger partial charge is 0.0965 e. The first-order valence-electron chi connectivity index (χ1n) is 6.47. The van der Waals surface area contributed by atoms with E-state index in [1.165, 1.54) is 25.1 Å². The molecule has 1 saturated carbocycles. The Morgan fingerprint density at radius 3 is 2.81 bits per heavy atom. The van der Waals surface area contributed by atoms with Crippen molar-refractivity contribution in [3.63, 3.8) is 0 Å². The minimum Gasteiger partial charge on any atom is -0.381 e. The third-order valence-electron chi connectivity index (χ3n) is 4.18. The maximum atomic E-state index is 5.47. The summed E-state index contributed by atoms with van der Waals surface area (Å²) in [5.41, 5.74) is 0.240. The molecule has 2 atom stereocenters. The van der Waals surface area contributed by atoms with Crippen LogP contribution in [0.2, 0.25) is 0 Å². The average molecular weight is 224 g/mol. The van der Waals surface area contributed by atoms with Crippen molar-refractivity contribution in [3.05, 3.63) is 0 Å². The number of methoxy groups -OCH3 is 1. The van der Waals surface area contributed by atoms with Crippen molar-refractivity contribution in [1.29, 1.82) is 0 Å². The Balaban J connectivity index is 1.89. The Kier molecular flexibility index (Phi) is 3.53. The van der Waals surface area contributed by atoms with Crippen molar-refractivity contribution in [2.24, 2.45) is 10.4 Å². The molecule has 1 aliphatic heterocycles. The summed E-state index contributed by atoms with van der Waals surface area (Å²) in [5.74, 6) is 1.23. The Bertz CT molecular complexity index is 273. The minimum atomic E-state index is 0.240. The molecule has 0 spiro atoms. The van der Waals surface area contributed by atoms with Gasteiger partial charge in [-0.2, -0.15) is 0 Å². The van der Waals surface area contributed by atoms with Gasteiger partial charge in [0.2, 0.25) is 0 Å². The molecule has 2 rings (SSSR count). The van der Waals surface area contributed by atoms with Crippen LogP contribution in [0.25, 0.3) is 0 Å². The fraction of sp³-hybridized carbons (Fsp3) is 0.923. The molecule has 0 saturated heterocycles. The van der Waals surface area contributed by atoms with Gasteiger partial charge in [0.1, 0.15) is 0 Å². The monoisotopic (exact) mass is 224 g/mol. The molecular formula is C13H24N2O. The lowest BCUT2D eigenvalue weighted by atomic mass is 9.64. The molecule has 1 heterocycles. The zero-order valence-corrected chi connectivity index (χ0v) is 10.8. The van der Waals surface area contributed by atoms with E-state index in [0.29, 0.717) is 12.1 Å². The molecule has 3 heteroatoms. The SMILES string of the molecule is COC1CC(NC2=NCCCCC2)C1(C)C. The lowest BCUT2D eigenvalue weighted by Gasteiger charge is -2.51. The Morgan fingerprint density at radius 2 is 2.12 bits per heavy atom. The summed E-state index contributed by atoms with van der Waals surface area (Å²) in [7, 11) is 1.81. The van der Waals surface area contributed by atoms with Crippen LogP contribution in [-0.4, -0.2) is 31.6 Å². The normalized spacial score (nSPS) is 33.6. The van der Waals surface area contributed by atoms with E-state index >= 15 is 0 Å². The molecule has 2 aliphatic rings. The van der Waals surface area contributed by atoms with E-state index in [1.54, 1.807) is 0 Å². The minimum absolute atomic E-state index is 0.240. The summed E-state index contributed by atoms with van der Waals surface area (Å²) in [4.78, 5) is 4.63. The first-order chi connectivity index (χ1) is 7.64. The van der Waals surface area contributed by atoms with Crippen LogP contribution in [0.5, 0.6) is 0 Å². The second-order valence-corrected chi connectivity index (χ2v) is 5.62. The van der Waals surface area contributed by atoms with E-state index in [0.717, 1.165) is 19.4 Å². The largest absolute Gasteiger partial charge is 0.381 e. The van der Waals surface area contributed by atoms with Gasteiger partial charge >= 0.3 is 0 Å². The number of hydrogen-bond acceptors (Lipinski definition) is 3. The van der Waals surface area contributed by atoms with Gasteiger partial charge < -0.3 is 10.1 Å². The second-order valence-electron chi connectivity index (χ2n) is 5.62. The van der Waals surface area contributed by atoms with Crippen LogP contribution in [0.1, 0.15) is 46.0 Å². The predicted octanol–water partition coefficient (Wildman–Crippen LogP) is 2.36. The summed E-state index contributed by atoms with van der Waals surface area (Å²) in [5, 5.41) is 3.62. The number of nitrogens with zero attached hydrogens (tertiary/aromatic N) is 1. The topological polar surface area (TPSA) is 33.6 Å². The second kappa shape index (κ2) is 4.74. The van der Waals surface area contributed by atoms with Gasteiger partial charge in [0.05, 0.1) is 11.9 Å². The molecular weight excluding hydrogens is 200 g/mol. The van der Waals surface area contributed by atoms with Crippen molar-refractivity contribution in [3.8, 4) is 0 Å². The van der Waals surface area contributed by atoms with Crippen LogP contribution in [0.15, 0.2) is 4.99 Å². The summed E-state index contributed by atoms with van der Waals surface area (Å²) in [6.45, 7) is 5.56. The summed E-state index contributed by atoms with van der Waals surface area (Å²) < 4.78 is 5.47. The molecule has 0 bridgehead atoms. The van der Waals surface area contributed by atoms with Crippen molar-refractivity contribution in [1.82, 2.24) is 5.32 Å². The van der Waals surface area contributed by atoms with Crippen LogP contribution >= 0.6 is 0 Å². The maximum absolute atomic E-state index is 5.47. The molecule has 0 amide bonds. The molecule has 3 nitrogen and oxygen atoms in total. The molecule has 0 aromatic carbocycles. The van der Waals surface area contributed by atoms with Crippen LogP contribution in [0.4, 0.5) is 0 Å². The number of rotatable bonds is 2. The van der Waals surface area contributed by atoms with Gasteiger partial charge in [0, 0.05) is 31.5 Å². The van der Waals surface area contributed by atoms with Gasteiger partial charge in [-0.05, 0) is 19.3 Å². The van der Waals surface area contributed by atoms with Crippen molar-refractivity contribution in [2.45, 2.75) is 58.1 Å². The van der Waals surface area contributed by atoms with Gasteiger partial charge in [0.15, 0.2) is 0 Å². The van der Waals surface area contributed by atoms with Gasteiger partial charge in [-0.25, -0.2) is 0 Å². The van der Waals surface area contributed by atoms with Crippen molar-refractivity contribution >= 4 is 5.84 Å². The zero-order chi connectivity index (χ0) is 11.6. The number of nitrogens with one attached hydrogen (secondary N) is 1. The van der Waals surface area contributed by atoms with Gasteiger partial charge in [0.25, 0.3) is 0 Å². The Labute approximate surface area is 98.7 Å². The van der Waals surface area contributed by atoms with Crippen molar-refractivity contribution in [2.75, 3.05) is 13.7 Å². The molecule has 0 aromatic rings. The number of amidine groups is 1. The third-order valence-corrected chi connectivity index (χ3v) is 4.18. The first kappa shape index (κ1) is 11.9. The zero-order valence-electron chi connectivity index (χ0n) is 10.8. The van der Waals surface area contributed by atoms with Crippen LogP contribution in [0, 0.1) is 5.41 Å². The number of ether oxygens (including phenoxy) is 1. The summed E-state index contributed by atoms with van der Waals surface area (Å²) in [6, 6.07) is 0.536. The van der Waals surface area contributed by atoms with E-state index in [9.17, 15) is 0 Å². The lowest BCUT2D eigenvalue weighted by Crippen LogP contribution is -2.61. The maximum Gasteiger partial charge on any atom is 0.0965 e. The molecule has 0 radical (unpaired) electrons. The fourth-order valence-corrected chi connectivity index (χ4v) is 2.72. The average Bonchev–Trinajstić information content (AvgIpc) is 2.52. The van der Waals surface area contributed by atoms with Gasteiger partial charge in [-0.15, -0.1) is 0 Å². The molecule has 1 aliphatic carbocycles.